The molecule has 1 N–H and O–H groups in total. The minimum atomic E-state index is 0.145. The Morgan fingerprint density at radius 3 is 2.96 bits per heavy atom. The second-order valence-electron chi connectivity index (χ2n) is 6.49. The molecule has 1 aliphatic heterocycles. The average Bonchev–Trinajstić information content (AvgIpc) is 3.28. The van der Waals surface area contributed by atoms with Gasteiger partial charge in [-0.15, -0.1) is 0 Å². The predicted molar refractivity (Wildman–Crippen MR) is 92.4 cm³/mol. The monoisotopic (exact) mass is 325 g/mol. The van der Waals surface area contributed by atoms with Crippen molar-refractivity contribution in [3.8, 4) is 0 Å². The molecule has 0 spiro atoms. The highest BCUT2D eigenvalue weighted by Crippen LogP contribution is 2.33. The third-order valence-corrected chi connectivity index (χ3v) is 4.84. The van der Waals surface area contributed by atoms with E-state index in [1.165, 1.54) is 11.1 Å². The van der Waals surface area contributed by atoms with E-state index < -0.39 is 0 Å². The first-order valence-corrected chi connectivity index (χ1v) is 8.43. The van der Waals surface area contributed by atoms with Gasteiger partial charge in [0.2, 0.25) is 0 Å². The SMILES string of the molecule is Cn1cc([C@@H]2OCC[C@@H]2CNCc2nc3ccccc3n2C)cn1. The molecule has 1 fully saturated rings. The minimum absolute atomic E-state index is 0.145. The summed E-state index contributed by atoms with van der Waals surface area (Å²) in [5, 5.41) is 7.82. The number of fused-ring (bicyclic) bond motifs is 1. The first-order valence-electron chi connectivity index (χ1n) is 8.43. The van der Waals surface area contributed by atoms with Gasteiger partial charge in [0.05, 0.1) is 29.9 Å². The molecule has 126 valence electrons. The molecule has 24 heavy (non-hydrogen) atoms. The Morgan fingerprint density at radius 2 is 2.17 bits per heavy atom. The Morgan fingerprint density at radius 1 is 1.29 bits per heavy atom. The minimum Gasteiger partial charge on any atom is -0.373 e. The molecule has 0 unspecified atom stereocenters. The molecule has 0 amide bonds. The molecule has 0 radical (unpaired) electrons. The third-order valence-electron chi connectivity index (χ3n) is 4.84. The van der Waals surface area contributed by atoms with Crippen molar-refractivity contribution in [3.05, 3.63) is 48.0 Å². The van der Waals surface area contributed by atoms with Crippen molar-refractivity contribution in [1.82, 2.24) is 24.6 Å². The Kier molecular flexibility index (Phi) is 4.08. The Labute approximate surface area is 141 Å². The summed E-state index contributed by atoms with van der Waals surface area (Å²) in [5.41, 5.74) is 3.39. The summed E-state index contributed by atoms with van der Waals surface area (Å²) in [6.45, 7) is 2.50. The van der Waals surface area contributed by atoms with E-state index in [9.17, 15) is 0 Å². The van der Waals surface area contributed by atoms with Crippen LogP contribution in [0, 0.1) is 5.92 Å². The zero-order chi connectivity index (χ0) is 16.5. The van der Waals surface area contributed by atoms with Crippen molar-refractivity contribution in [2.75, 3.05) is 13.2 Å². The van der Waals surface area contributed by atoms with E-state index in [1.807, 2.05) is 24.0 Å². The van der Waals surface area contributed by atoms with E-state index in [1.54, 1.807) is 0 Å². The molecule has 0 saturated carbocycles. The molecule has 1 aromatic carbocycles. The topological polar surface area (TPSA) is 56.9 Å². The van der Waals surface area contributed by atoms with Crippen molar-refractivity contribution in [3.63, 3.8) is 0 Å². The first-order chi connectivity index (χ1) is 11.7. The maximum Gasteiger partial charge on any atom is 0.123 e. The van der Waals surface area contributed by atoms with Gasteiger partial charge in [0.15, 0.2) is 0 Å². The van der Waals surface area contributed by atoms with Gasteiger partial charge < -0.3 is 14.6 Å². The number of aryl methyl sites for hydroxylation is 2. The summed E-state index contributed by atoms with van der Waals surface area (Å²) >= 11 is 0. The molecular formula is C18H23N5O. The van der Waals surface area contributed by atoms with Crippen molar-refractivity contribution in [1.29, 1.82) is 0 Å². The van der Waals surface area contributed by atoms with Gasteiger partial charge in [-0.05, 0) is 18.6 Å². The quantitative estimate of drug-likeness (QED) is 0.781. The molecule has 6 nitrogen and oxygen atoms in total. The van der Waals surface area contributed by atoms with Crippen LogP contribution in [0.2, 0.25) is 0 Å². The van der Waals surface area contributed by atoms with Crippen LogP contribution < -0.4 is 5.32 Å². The smallest absolute Gasteiger partial charge is 0.123 e. The van der Waals surface area contributed by atoms with Crippen LogP contribution >= 0.6 is 0 Å². The van der Waals surface area contributed by atoms with Crippen LogP contribution in [0.15, 0.2) is 36.7 Å². The van der Waals surface area contributed by atoms with Gasteiger partial charge in [-0.2, -0.15) is 5.10 Å². The Hall–Kier alpha value is -2.18. The molecule has 3 heterocycles. The lowest BCUT2D eigenvalue weighted by Gasteiger charge is -2.17. The largest absolute Gasteiger partial charge is 0.373 e. The lowest BCUT2D eigenvalue weighted by atomic mass is 9.97. The third kappa shape index (κ3) is 2.83. The molecular weight excluding hydrogens is 302 g/mol. The molecule has 6 heteroatoms. The molecule has 0 bridgehead atoms. The molecule has 3 aromatic rings. The standard InChI is InChI=1S/C18H23N5O/c1-22-12-14(10-20-22)18-13(7-8-24-18)9-19-11-17-21-15-5-3-4-6-16(15)23(17)2/h3-6,10,12-13,18-19H,7-9,11H2,1-2H3/t13-,18-/m1/s1. The van der Waals surface area contributed by atoms with Crippen molar-refractivity contribution in [2.24, 2.45) is 20.0 Å². The highest BCUT2D eigenvalue weighted by Gasteiger charge is 2.30. The van der Waals surface area contributed by atoms with Crippen LogP contribution in [0.25, 0.3) is 11.0 Å². The van der Waals surface area contributed by atoms with E-state index >= 15 is 0 Å². The van der Waals surface area contributed by atoms with Gasteiger partial charge in [0, 0.05) is 44.9 Å². The van der Waals surface area contributed by atoms with Gasteiger partial charge in [0.25, 0.3) is 0 Å². The lowest BCUT2D eigenvalue weighted by molar-refractivity contribution is 0.0903. The number of nitrogens with zero attached hydrogens (tertiary/aromatic N) is 4. The number of aromatic nitrogens is 4. The predicted octanol–water partition coefficient (Wildman–Crippen LogP) is 2.17. The average molecular weight is 325 g/mol. The highest BCUT2D eigenvalue weighted by molar-refractivity contribution is 5.75. The van der Waals surface area contributed by atoms with Crippen molar-refractivity contribution >= 4 is 11.0 Å². The van der Waals surface area contributed by atoms with Gasteiger partial charge in [-0.3, -0.25) is 4.68 Å². The van der Waals surface area contributed by atoms with Crippen LogP contribution in [-0.4, -0.2) is 32.5 Å². The maximum absolute atomic E-state index is 5.93. The molecule has 2 atom stereocenters. The van der Waals surface area contributed by atoms with Crippen LogP contribution in [0.3, 0.4) is 0 Å². The number of hydrogen-bond donors (Lipinski definition) is 1. The number of ether oxygens (including phenoxy) is 1. The fraction of sp³-hybridized carbons (Fsp3) is 0.444. The molecule has 2 aromatic heterocycles. The van der Waals surface area contributed by atoms with Crippen molar-refractivity contribution in [2.45, 2.75) is 19.1 Å². The van der Waals surface area contributed by atoms with Gasteiger partial charge >= 0.3 is 0 Å². The number of benzene rings is 1. The van der Waals surface area contributed by atoms with E-state index in [4.69, 9.17) is 9.72 Å². The molecule has 1 aliphatic rings. The maximum atomic E-state index is 5.93. The zero-order valence-electron chi connectivity index (χ0n) is 14.1. The number of nitrogens with one attached hydrogen (secondary N) is 1. The molecule has 4 rings (SSSR count). The Bertz CT molecular complexity index is 837. The summed E-state index contributed by atoms with van der Waals surface area (Å²) in [5.74, 6) is 1.54. The summed E-state index contributed by atoms with van der Waals surface area (Å²) in [4.78, 5) is 4.71. The molecule has 0 aliphatic carbocycles. The summed E-state index contributed by atoms with van der Waals surface area (Å²) in [7, 11) is 4.01. The second kappa shape index (κ2) is 6.37. The normalized spacial score (nSPS) is 20.9. The second-order valence-corrected chi connectivity index (χ2v) is 6.49. The summed E-state index contributed by atoms with van der Waals surface area (Å²) in [6, 6.07) is 8.24. The summed E-state index contributed by atoms with van der Waals surface area (Å²) < 4.78 is 9.92. The van der Waals surface area contributed by atoms with Crippen LogP contribution in [-0.2, 0) is 25.4 Å². The summed E-state index contributed by atoms with van der Waals surface area (Å²) in [6.07, 6.45) is 5.18. The van der Waals surface area contributed by atoms with Gasteiger partial charge in [-0.1, -0.05) is 12.1 Å². The number of rotatable bonds is 5. The number of hydrogen-bond acceptors (Lipinski definition) is 4. The van der Waals surface area contributed by atoms with E-state index in [-0.39, 0.29) is 6.10 Å². The first kappa shape index (κ1) is 15.4. The van der Waals surface area contributed by atoms with Gasteiger partial charge in [0.1, 0.15) is 5.82 Å². The lowest BCUT2D eigenvalue weighted by Crippen LogP contribution is -2.25. The van der Waals surface area contributed by atoms with E-state index in [0.717, 1.165) is 37.5 Å². The number of para-hydroxylation sites is 2. The fourth-order valence-electron chi connectivity index (χ4n) is 3.52. The van der Waals surface area contributed by atoms with Crippen molar-refractivity contribution < 1.29 is 4.74 Å². The highest BCUT2D eigenvalue weighted by atomic mass is 16.5. The van der Waals surface area contributed by atoms with Gasteiger partial charge in [-0.25, -0.2) is 4.98 Å². The number of imidazole rings is 1. The van der Waals surface area contributed by atoms with Crippen LogP contribution in [0.4, 0.5) is 0 Å². The fourth-order valence-corrected chi connectivity index (χ4v) is 3.52. The molecule has 1 saturated heterocycles. The van der Waals surface area contributed by atoms with E-state index in [2.05, 4.69) is 46.4 Å². The van der Waals surface area contributed by atoms with E-state index in [0.29, 0.717) is 5.92 Å². The van der Waals surface area contributed by atoms with Crippen LogP contribution in [0.1, 0.15) is 23.9 Å². The zero-order valence-corrected chi connectivity index (χ0v) is 14.1. The van der Waals surface area contributed by atoms with Crippen LogP contribution in [0.5, 0.6) is 0 Å². The Balaban J connectivity index is 1.40.